The molecule has 1 saturated heterocycles. The van der Waals surface area contributed by atoms with Crippen LogP contribution in [0.15, 0.2) is 12.4 Å². The Morgan fingerprint density at radius 2 is 2.35 bits per heavy atom. The molecule has 2 atom stereocenters. The fourth-order valence-electron chi connectivity index (χ4n) is 2.57. The normalized spacial score (nSPS) is 26.1. The van der Waals surface area contributed by atoms with Crippen LogP contribution < -0.4 is 5.73 Å². The second kappa shape index (κ2) is 4.87. The van der Waals surface area contributed by atoms with Crippen molar-refractivity contribution in [1.29, 1.82) is 0 Å². The molecule has 1 fully saturated rings. The Morgan fingerprint density at radius 3 is 2.94 bits per heavy atom. The third-order valence-corrected chi connectivity index (χ3v) is 3.40. The number of aryl methyl sites for hydroxylation is 1. The monoisotopic (exact) mass is 236 g/mol. The van der Waals surface area contributed by atoms with Crippen molar-refractivity contribution in [2.24, 2.45) is 12.8 Å². The van der Waals surface area contributed by atoms with Crippen molar-refractivity contribution in [1.82, 2.24) is 14.7 Å². The van der Waals surface area contributed by atoms with Gasteiger partial charge in [0.05, 0.1) is 12.2 Å². The summed E-state index contributed by atoms with van der Waals surface area (Å²) in [6, 6.07) is -0.0192. The molecule has 0 saturated carbocycles. The topological polar surface area (TPSA) is 64.2 Å². The lowest BCUT2D eigenvalue weighted by atomic mass is 9.99. The fraction of sp³-hybridized carbons (Fsp3) is 0.667. The van der Waals surface area contributed by atoms with Crippen molar-refractivity contribution in [2.75, 3.05) is 6.54 Å². The SMILES string of the molecule is CCN1C(=O)CCCC(N)C1c1cnn(C)c1. The Balaban J connectivity index is 2.34. The van der Waals surface area contributed by atoms with Crippen LogP contribution in [0.4, 0.5) is 0 Å². The minimum Gasteiger partial charge on any atom is -0.334 e. The van der Waals surface area contributed by atoms with E-state index in [1.807, 2.05) is 31.3 Å². The van der Waals surface area contributed by atoms with Gasteiger partial charge in [-0.1, -0.05) is 0 Å². The Bertz CT molecular complexity index is 401. The summed E-state index contributed by atoms with van der Waals surface area (Å²) in [6.07, 6.45) is 6.14. The van der Waals surface area contributed by atoms with Crippen LogP contribution in [0.5, 0.6) is 0 Å². The van der Waals surface area contributed by atoms with Gasteiger partial charge < -0.3 is 10.6 Å². The molecule has 2 unspecified atom stereocenters. The van der Waals surface area contributed by atoms with E-state index < -0.39 is 0 Å². The minimum atomic E-state index is -0.0244. The molecule has 0 spiro atoms. The number of amides is 1. The third kappa shape index (κ3) is 2.34. The average molecular weight is 236 g/mol. The van der Waals surface area contributed by atoms with E-state index in [9.17, 15) is 4.79 Å². The highest BCUT2D eigenvalue weighted by Gasteiger charge is 2.32. The van der Waals surface area contributed by atoms with Crippen LogP contribution in [0, 0.1) is 0 Å². The maximum Gasteiger partial charge on any atom is 0.223 e. The van der Waals surface area contributed by atoms with E-state index >= 15 is 0 Å². The van der Waals surface area contributed by atoms with E-state index in [0.717, 1.165) is 18.4 Å². The molecule has 0 bridgehead atoms. The zero-order valence-corrected chi connectivity index (χ0v) is 10.5. The summed E-state index contributed by atoms with van der Waals surface area (Å²) in [5.41, 5.74) is 7.26. The Labute approximate surface area is 102 Å². The first-order chi connectivity index (χ1) is 8.13. The molecular weight excluding hydrogens is 216 g/mol. The van der Waals surface area contributed by atoms with Gasteiger partial charge in [0.1, 0.15) is 0 Å². The highest BCUT2D eigenvalue weighted by Crippen LogP contribution is 2.29. The lowest BCUT2D eigenvalue weighted by molar-refractivity contribution is -0.133. The number of nitrogens with zero attached hydrogens (tertiary/aromatic N) is 3. The van der Waals surface area contributed by atoms with Crippen LogP contribution in [0.3, 0.4) is 0 Å². The molecule has 17 heavy (non-hydrogen) atoms. The highest BCUT2D eigenvalue weighted by atomic mass is 16.2. The lowest BCUT2D eigenvalue weighted by Gasteiger charge is -2.32. The first kappa shape index (κ1) is 12.1. The highest BCUT2D eigenvalue weighted by molar-refractivity contribution is 5.77. The van der Waals surface area contributed by atoms with Crippen molar-refractivity contribution in [2.45, 2.75) is 38.3 Å². The zero-order valence-electron chi connectivity index (χ0n) is 10.5. The maximum absolute atomic E-state index is 12.0. The van der Waals surface area contributed by atoms with E-state index in [4.69, 9.17) is 5.73 Å². The summed E-state index contributed by atoms with van der Waals surface area (Å²) < 4.78 is 1.76. The molecule has 1 aliphatic heterocycles. The van der Waals surface area contributed by atoms with Crippen molar-refractivity contribution < 1.29 is 4.79 Å². The molecule has 5 nitrogen and oxygen atoms in total. The quantitative estimate of drug-likeness (QED) is 0.827. The predicted octanol–water partition coefficient (Wildman–Crippen LogP) is 0.821. The van der Waals surface area contributed by atoms with Crippen molar-refractivity contribution in [3.8, 4) is 0 Å². The largest absolute Gasteiger partial charge is 0.334 e. The number of hydrogen-bond donors (Lipinski definition) is 1. The average Bonchev–Trinajstić information content (AvgIpc) is 2.65. The Hall–Kier alpha value is -1.36. The van der Waals surface area contributed by atoms with Gasteiger partial charge in [-0.2, -0.15) is 5.10 Å². The number of likely N-dealkylation sites (N-methyl/N-ethyl adjacent to an activating group) is 1. The minimum absolute atomic E-state index is 0.00519. The molecule has 1 aliphatic rings. The van der Waals surface area contributed by atoms with Crippen LogP contribution >= 0.6 is 0 Å². The summed E-state index contributed by atoms with van der Waals surface area (Å²) >= 11 is 0. The summed E-state index contributed by atoms with van der Waals surface area (Å²) in [4.78, 5) is 13.9. The standard InChI is InChI=1S/C12H20N4O/c1-3-16-11(17)6-4-5-10(13)12(16)9-7-14-15(2)8-9/h7-8,10,12H,3-6,13H2,1-2H3. The van der Waals surface area contributed by atoms with Crippen LogP contribution in [0.1, 0.15) is 37.8 Å². The van der Waals surface area contributed by atoms with Gasteiger partial charge in [0.15, 0.2) is 0 Å². The second-order valence-corrected chi connectivity index (χ2v) is 4.63. The molecule has 94 valence electrons. The molecule has 2 rings (SSSR count). The lowest BCUT2D eigenvalue weighted by Crippen LogP contribution is -2.41. The molecule has 1 amide bonds. The van der Waals surface area contributed by atoms with Crippen molar-refractivity contribution in [3.05, 3.63) is 18.0 Å². The maximum atomic E-state index is 12.0. The molecular formula is C12H20N4O. The summed E-state index contributed by atoms with van der Waals surface area (Å²) in [6.45, 7) is 2.70. The summed E-state index contributed by atoms with van der Waals surface area (Å²) in [5, 5.41) is 4.17. The van der Waals surface area contributed by atoms with Crippen LogP contribution in [0.2, 0.25) is 0 Å². The number of hydrogen-bond acceptors (Lipinski definition) is 3. The summed E-state index contributed by atoms with van der Waals surface area (Å²) in [7, 11) is 1.88. The molecule has 5 heteroatoms. The molecule has 1 aromatic heterocycles. The van der Waals surface area contributed by atoms with Gasteiger partial charge in [-0.3, -0.25) is 9.48 Å². The number of nitrogens with two attached hydrogens (primary N) is 1. The van der Waals surface area contributed by atoms with Gasteiger partial charge in [0.25, 0.3) is 0 Å². The molecule has 0 aliphatic carbocycles. The molecule has 0 aromatic carbocycles. The van der Waals surface area contributed by atoms with E-state index in [-0.39, 0.29) is 18.0 Å². The molecule has 2 N–H and O–H groups in total. The third-order valence-electron chi connectivity index (χ3n) is 3.40. The second-order valence-electron chi connectivity index (χ2n) is 4.63. The van der Waals surface area contributed by atoms with Crippen molar-refractivity contribution in [3.63, 3.8) is 0 Å². The van der Waals surface area contributed by atoms with Crippen LogP contribution in [-0.2, 0) is 11.8 Å². The molecule has 2 heterocycles. The number of rotatable bonds is 2. The van der Waals surface area contributed by atoms with E-state index in [1.54, 1.807) is 4.68 Å². The molecule has 0 radical (unpaired) electrons. The van der Waals surface area contributed by atoms with Crippen LogP contribution in [-0.4, -0.2) is 33.2 Å². The smallest absolute Gasteiger partial charge is 0.223 e. The number of likely N-dealkylation sites (tertiary alicyclic amines) is 1. The number of carbonyl (C=O) groups is 1. The van der Waals surface area contributed by atoms with Crippen molar-refractivity contribution >= 4 is 5.91 Å². The number of carbonyl (C=O) groups excluding carboxylic acids is 1. The van der Waals surface area contributed by atoms with Gasteiger partial charge in [-0.15, -0.1) is 0 Å². The summed E-state index contributed by atoms with van der Waals surface area (Å²) in [5.74, 6) is 0.203. The van der Waals surface area contributed by atoms with Crippen LogP contribution in [0.25, 0.3) is 0 Å². The Morgan fingerprint density at radius 1 is 1.59 bits per heavy atom. The van der Waals surface area contributed by atoms with Gasteiger partial charge in [0.2, 0.25) is 5.91 Å². The van der Waals surface area contributed by atoms with E-state index in [0.29, 0.717) is 13.0 Å². The van der Waals surface area contributed by atoms with E-state index in [1.165, 1.54) is 0 Å². The van der Waals surface area contributed by atoms with Gasteiger partial charge in [-0.25, -0.2) is 0 Å². The number of aromatic nitrogens is 2. The van der Waals surface area contributed by atoms with Gasteiger partial charge in [0, 0.05) is 37.8 Å². The zero-order chi connectivity index (χ0) is 12.4. The van der Waals surface area contributed by atoms with Gasteiger partial charge >= 0.3 is 0 Å². The first-order valence-electron chi connectivity index (χ1n) is 6.17. The van der Waals surface area contributed by atoms with E-state index in [2.05, 4.69) is 5.10 Å². The van der Waals surface area contributed by atoms with Gasteiger partial charge in [-0.05, 0) is 19.8 Å². The fourth-order valence-corrected chi connectivity index (χ4v) is 2.57. The molecule has 1 aromatic rings. The Kier molecular flexibility index (Phi) is 3.47. The predicted molar refractivity (Wildman–Crippen MR) is 65.2 cm³/mol. The first-order valence-corrected chi connectivity index (χ1v) is 6.17.